The molecule has 0 fully saturated rings. The maximum Gasteiger partial charge on any atom is 0.272 e. The Bertz CT molecular complexity index is 886. The fourth-order valence-electron chi connectivity index (χ4n) is 2.89. The molecule has 6 heteroatoms. The number of hydrogen-bond donors (Lipinski definition) is 0. The molecule has 0 saturated heterocycles. The molecule has 0 spiro atoms. The molecular weight excluding hydrogens is 350 g/mol. The zero-order valence-corrected chi connectivity index (χ0v) is 16.3. The largest absolute Gasteiger partial charge is 0.374 e. The molecule has 6 nitrogen and oxygen atoms in total. The molecule has 28 heavy (non-hydrogen) atoms. The van der Waals surface area contributed by atoms with Gasteiger partial charge in [0.25, 0.3) is 5.91 Å². The lowest BCUT2D eigenvalue weighted by molar-refractivity contribution is 0.0791. The van der Waals surface area contributed by atoms with Crippen molar-refractivity contribution in [2.45, 2.75) is 12.8 Å². The van der Waals surface area contributed by atoms with Crippen LogP contribution < -0.4 is 4.90 Å². The number of likely N-dealkylation sites (N-methyl/N-ethyl adjacent to an activating group) is 2. The van der Waals surface area contributed by atoms with Crippen molar-refractivity contribution >= 4 is 11.6 Å². The molecular formula is C22H25N5O. The standard InChI is InChI=1S/C22H25N5O/c1-26(15-8-18-3-10-23-11-4-18)20-7-14-25-21(17-20)22(28)27(2)16-9-19-5-12-24-13-6-19/h3-7,10-14,17H,8-9,15-16H2,1-2H3. The lowest BCUT2D eigenvalue weighted by Crippen LogP contribution is -2.30. The molecule has 3 aromatic heterocycles. The Labute approximate surface area is 165 Å². The number of amides is 1. The first kappa shape index (κ1) is 19.5. The molecule has 0 N–H and O–H groups in total. The summed E-state index contributed by atoms with van der Waals surface area (Å²) in [5, 5.41) is 0. The molecule has 3 heterocycles. The summed E-state index contributed by atoms with van der Waals surface area (Å²) in [7, 11) is 3.84. The van der Waals surface area contributed by atoms with E-state index >= 15 is 0 Å². The lowest BCUT2D eigenvalue weighted by atomic mass is 10.2. The molecule has 0 bridgehead atoms. The molecule has 3 rings (SSSR count). The number of hydrogen-bond acceptors (Lipinski definition) is 5. The Morgan fingerprint density at radius 1 is 0.821 bits per heavy atom. The van der Waals surface area contributed by atoms with Crippen molar-refractivity contribution in [1.29, 1.82) is 0 Å². The second-order valence-electron chi connectivity index (χ2n) is 6.76. The highest BCUT2D eigenvalue weighted by molar-refractivity contribution is 5.93. The molecule has 0 aliphatic heterocycles. The van der Waals surface area contributed by atoms with E-state index in [0.29, 0.717) is 12.2 Å². The van der Waals surface area contributed by atoms with Gasteiger partial charge >= 0.3 is 0 Å². The van der Waals surface area contributed by atoms with Gasteiger partial charge < -0.3 is 9.80 Å². The summed E-state index contributed by atoms with van der Waals surface area (Å²) < 4.78 is 0. The Morgan fingerprint density at radius 2 is 1.39 bits per heavy atom. The summed E-state index contributed by atoms with van der Waals surface area (Å²) in [6.45, 7) is 1.48. The van der Waals surface area contributed by atoms with Gasteiger partial charge in [0, 0.05) is 63.9 Å². The van der Waals surface area contributed by atoms with Gasteiger partial charge in [0.05, 0.1) is 0 Å². The van der Waals surface area contributed by atoms with Gasteiger partial charge in [0.1, 0.15) is 5.69 Å². The molecule has 0 aromatic carbocycles. The first-order chi connectivity index (χ1) is 13.6. The Balaban J connectivity index is 1.58. The minimum Gasteiger partial charge on any atom is -0.374 e. The molecule has 0 radical (unpaired) electrons. The molecule has 1 amide bonds. The molecule has 0 atom stereocenters. The smallest absolute Gasteiger partial charge is 0.272 e. The van der Waals surface area contributed by atoms with Crippen LogP contribution in [-0.4, -0.2) is 52.9 Å². The average molecular weight is 375 g/mol. The summed E-state index contributed by atoms with van der Waals surface area (Å²) >= 11 is 0. The van der Waals surface area contributed by atoms with Crippen LogP contribution in [0.15, 0.2) is 67.4 Å². The average Bonchev–Trinajstić information content (AvgIpc) is 2.76. The van der Waals surface area contributed by atoms with Gasteiger partial charge in [-0.15, -0.1) is 0 Å². The zero-order valence-electron chi connectivity index (χ0n) is 16.3. The van der Waals surface area contributed by atoms with Gasteiger partial charge in [0.2, 0.25) is 0 Å². The van der Waals surface area contributed by atoms with E-state index in [-0.39, 0.29) is 5.91 Å². The number of carbonyl (C=O) groups is 1. The third kappa shape index (κ3) is 5.36. The SMILES string of the molecule is CN(CCc1ccncc1)C(=O)c1cc(N(C)CCc2ccncc2)ccn1. The number of aromatic nitrogens is 3. The maximum absolute atomic E-state index is 12.7. The van der Waals surface area contributed by atoms with Crippen LogP contribution in [0.4, 0.5) is 5.69 Å². The van der Waals surface area contributed by atoms with Crippen molar-refractivity contribution in [2.24, 2.45) is 0 Å². The molecule has 0 aliphatic rings. The predicted molar refractivity (Wildman–Crippen MR) is 110 cm³/mol. The summed E-state index contributed by atoms with van der Waals surface area (Å²) in [5.41, 5.74) is 3.84. The number of carbonyl (C=O) groups excluding carboxylic acids is 1. The van der Waals surface area contributed by atoms with Gasteiger partial charge in [-0.25, -0.2) is 0 Å². The first-order valence-corrected chi connectivity index (χ1v) is 9.34. The number of rotatable bonds is 8. The zero-order chi connectivity index (χ0) is 19.8. The van der Waals surface area contributed by atoms with Crippen LogP contribution in [0.25, 0.3) is 0 Å². The molecule has 3 aromatic rings. The van der Waals surface area contributed by atoms with E-state index in [1.165, 1.54) is 5.56 Å². The molecule has 0 unspecified atom stereocenters. The second kappa shape index (κ2) is 9.60. The predicted octanol–water partition coefficient (Wildman–Crippen LogP) is 2.87. The fraction of sp³-hybridized carbons (Fsp3) is 0.273. The third-order valence-corrected chi connectivity index (χ3v) is 4.72. The van der Waals surface area contributed by atoms with E-state index in [4.69, 9.17) is 0 Å². The lowest BCUT2D eigenvalue weighted by Gasteiger charge is -2.21. The van der Waals surface area contributed by atoms with Crippen LogP contribution in [0.5, 0.6) is 0 Å². The van der Waals surface area contributed by atoms with Crippen molar-refractivity contribution in [2.75, 3.05) is 32.1 Å². The van der Waals surface area contributed by atoms with Crippen molar-refractivity contribution < 1.29 is 4.79 Å². The Morgan fingerprint density at radius 3 is 2.00 bits per heavy atom. The molecule has 0 aliphatic carbocycles. The van der Waals surface area contributed by atoms with Gasteiger partial charge in [-0.2, -0.15) is 0 Å². The van der Waals surface area contributed by atoms with Gasteiger partial charge in [-0.3, -0.25) is 19.7 Å². The third-order valence-electron chi connectivity index (χ3n) is 4.72. The van der Waals surface area contributed by atoms with E-state index in [2.05, 4.69) is 19.9 Å². The van der Waals surface area contributed by atoms with Crippen LogP contribution in [0.1, 0.15) is 21.6 Å². The summed E-state index contributed by atoms with van der Waals surface area (Å²) in [4.78, 5) is 28.9. The van der Waals surface area contributed by atoms with Crippen LogP contribution in [0.2, 0.25) is 0 Å². The van der Waals surface area contributed by atoms with Gasteiger partial charge in [0.15, 0.2) is 0 Å². The van der Waals surface area contributed by atoms with E-state index in [1.54, 1.807) is 35.9 Å². The van der Waals surface area contributed by atoms with E-state index in [9.17, 15) is 4.79 Å². The highest BCUT2D eigenvalue weighted by atomic mass is 16.2. The van der Waals surface area contributed by atoms with Gasteiger partial charge in [-0.05, 0) is 60.4 Å². The number of pyridine rings is 3. The molecule has 144 valence electrons. The first-order valence-electron chi connectivity index (χ1n) is 9.34. The normalized spacial score (nSPS) is 10.5. The Hall–Kier alpha value is -3.28. The van der Waals surface area contributed by atoms with Crippen LogP contribution in [0.3, 0.4) is 0 Å². The monoisotopic (exact) mass is 375 g/mol. The highest BCUT2D eigenvalue weighted by Gasteiger charge is 2.14. The number of anilines is 1. The van der Waals surface area contributed by atoms with Crippen molar-refractivity contribution in [3.8, 4) is 0 Å². The van der Waals surface area contributed by atoms with Crippen LogP contribution in [-0.2, 0) is 12.8 Å². The van der Waals surface area contributed by atoms with Crippen molar-refractivity contribution in [3.63, 3.8) is 0 Å². The topological polar surface area (TPSA) is 62.2 Å². The van der Waals surface area contributed by atoms with Crippen molar-refractivity contribution in [3.05, 3.63) is 84.2 Å². The summed E-state index contributed by atoms with van der Waals surface area (Å²) in [6, 6.07) is 11.8. The second-order valence-corrected chi connectivity index (χ2v) is 6.76. The van der Waals surface area contributed by atoms with Crippen LogP contribution >= 0.6 is 0 Å². The van der Waals surface area contributed by atoms with Crippen molar-refractivity contribution in [1.82, 2.24) is 19.9 Å². The Kier molecular flexibility index (Phi) is 6.68. The van der Waals surface area contributed by atoms with E-state index in [0.717, 1.165) is 30.6 Å². The fourth-order valence-corrected chi connectivity index (χ4v) is 2.89. The van der Waals surface area contributed by atoms with E-state index in [1.807, 2.05) is 50.5 Å². The van der Waals surface area contributed by atoms with Crippen LogP contribution in [0, 0.1) is 0 Å². The highest BCUT2D eigenvalue weighted by Crippen LogP contribution is 2.15. The number of nitrogens with zero attached hydrogens (tertiary/aromatic N) is 5. The summed E-state index contributed by atoms with van der Waals surface area (Å²) in [6.07, 6.45) is 10.5. The summed E-state index contributed by atoms with van der Waals surface area (Å²) in [5.74, 6) is -0.0709. The maximum atomic E-state index is 12.7. The molecule has 0 saturated carbocycles. The minimum absolute atomic E-state index is 0.0709. The minimum atomic E-state index is -0.0709. The van der Waals surface area contributed by atoms with E-state index < -0.39 is 0 Å². The quantitative estimate of drug-likeness (QED) is 0.606. The van der Waals surface area contributed by atoms with Gasteiger partial charge in [-0.1, -0.05) is 0 Å².